The van der Waals surface area contributed by atoms with Crippen molar-refractivity contribution >= 4 is 27.3 Å². The average Bonchev–Trinajstić information content (AvgIpc) is 3.35. The Kier molecular flexibility index (Phi) is 8.12. The van der Waals surface area contributed by atoms with Gasteiger partial charge in [-0.1, -0.05) is 24.6 Å². The molecule has 9 heteroatoms. The van der Waals surface area contributed by atoms with Crippen LogP contribution in [0.1, 0.15) is 42.3 Å². The summed E-state index contributed by atoms with van der Waals surface area (Å²) in [5.74, 6) is -0.110. The van der Waals surface area contributed by atoms with Gasteiger partial charge >= 0.3 is 0 Å². The first-order valence-corrected chi connectivity index (χ1v) is 14.3. The molecule has 2 unspecified atom stereocenters. The second-order valence-electron chi connectivity index (χ2n) is 9.04. The maximum Gasteiger partial charge on any atom is 0.243 e. The number of sulfonamides is 1. The maximum atomic E-state index is 13.7. The standard InChI is InChI=1S/C27H31FN2O4S2/c1-4-20(3)30(36(32,33)23-11-5-19(2)6-12-23)17-27(31)29-15-13-26-24(14-16-35-26)25(29)18-34-22-9-7-21(28)8-10-22/h5-12,14,16,20,25H,4,13,15,17-18H2,1-3H3. The van der Waals surface area contributed by atoms with E-state index in [1.807, 2.05) is 32.2 Å². The van der Waals surface area contributed by atoms with Crippen molar-refractivity contribution in [3.63, 3.8) is 0 Å². The van der Waals surface area contributed by atoms with Gasteiger partial charge in [0.2, 0.25) is 15.9 Å². The van der Waals surface area contributed by atoms with Gasteiger partial charge in [0, 0.05) is 17.5 Å². The molecule has 0 radical (unpaired) electrons. The summed E-state index contributed by atoms with van der Waals surface area (Å²) in [6, 6.07) is 13.7. The fraction of sp³-hybridized carbons (Fsp3) is 0.370. The summed E-state index contributed by atoms with van der Waals surface area (Å²) >= 11 is 1.64. The molecule has 4 rings (SSSR count). The van der Waals surface area contributed by atoms with Gasteiger partial charge in [-0.2, -0.15) is 4.31 Å². The second-order valence-corrected chi connectivity index (χ2v) is 11.9. The molecular formula is C27H31FN2O4S2. The summed E-state index contributed by atoms with van der Waals surface area (Å²) in [7, 11) is -3.87. The molecule has 0 bridgehead atoms. The Balaban J connectivity index is 1.58. The molecule has 2 heterocycles. The molecule has 0 aliphatic carbocycles. The number of ether oxygens (including phenoxy) is 1. The van der Waals surface area contributed by atoms with Gasteiger partial charge in [-0.25, -0.2) is 12.8 Å². The van der Waals surface area contributed by atoms with E-state index >= 15 is 0 Å². The van der Waals surface area contributed by atoms with Gasteiger partial charge in [-0.3, -0.25) is 4.79 Å². The fourth-order valence-electron chi connectivity index (χ4n) is 4.33. The number of nitrogens with zero attached hydrogens (tertiary/aromatic N) is 2. The van der Waals surface area contributed by atoms with Crippen molar-refractivity contribution in [3.05, 3.63) is 81.8 Å². The molecule has 0 saturated carbocycles. The number of fused-ring (bicyclic) bond motifs is 1. The highest BCUT2D eigenvalue weighted by atomic mass is 32.2. The van der Waals surface area contributed by atoms with Crippen LogP contribution in [0, 0.1) is 12.7 Å². The lowest BCUT2D eigenvalue weighted by atomic mass is 10.0. The molecular weight excluding hydrogens is 499 g/mol. The zero-order valence-electron chi connectivity index (χ0n) is 20.7. The lowest BCUT2D eigenvalue weighted by molar-refractivity contribution is -0.135. The van der Waals surface area contributed by atoms with Crippen molar-refractivity contribution in [1.82, 2.24) is 9.21 Å². The van der Waals surface area contributed by atoms with Crippen LogP contribution in [-0.4, -0.2) is 49.3 Å². The van der Waals surface area contributed by atoms with E-state index in [4.69, 9.17) is 4.74 Å². The van der Waals surface area contributed by atoms with E-state index in [0.29, 0.717) is 25.1 Å². The highest BCUT2D eigenvalue weighted by Gasteiger charge is 2.36. The maximum absolute atomic E-state index is 13.7. The van der Waals surface area contributed by atoms with Crippen molar-refractivity contribution < 1.29 is 22.3 Å². The van der Waals surface area contributed by atoms with Crippen LogP contribution in [0.25, 0.3) is 0 Å². The molecule has 1 aliphatic heterocycles. The van der Waals surface area contributed by atoms with Crippen molar-refractivity contribution in [3.8, 4) is 5.75 Å². The van der Waals surface area contributed by atoms with E-state index in [-0.39, 0.29) is 41.9 Å². The summed E-state index contributed by atoms with van der Waals surface area (Å²) < 4.78 is 47.6. The smallest absolute Gasteiger partial charge is 0.243 e. The fourth-order valence-corrected chi connectivity index (χ4v) is 6.91. The van der Waals surface area contributed by atoms with Crippen LogP contribution < -0.4 is 4.74 Å². The first kappa shape index (κ1) is 26.3. The number of halogens is 1. The monoisotopic (exact) mass is 530 g/mol. The minimum absolute atomic E-state index is 0.177. The number of rotatable bonds is 9. The number of thiophene rings is 1. The lowest BCUT2D eigenvalue weighted by Crippen LogP contribution is -2.49. The van der Waals surface area contributed by atoms with Crippen LogP contribution in [0.3, 0.4) is 0 Å². The summed E-state index contributed by atoms with van der Waals surface area (Å²) in [5, 5.41) is 2.00. The molecule has 0 spiro atoms. The molecule has 6 nitrogen and oxygen atoms in total. The number of hydrogen-bond donors (Lipinski definition) is 0. The quantitative estimate of drug-likeness (QED) is 0.382. The summed E-state index contributed by atoms with van der Waals surface area (Å²) in [5.41, 5.74) is 1.97. The minimum Gasteiger partial charge on any atom is -0.491 e. The summed E-state index contributed by atoms with van der Waals surface area (Å²) in [4.78, 5) is 16.8. The van der Waals surface area contributed by atoms with Crippen molar-refractivity contribution in [2.24, 2.45) is 0 Å². The zero-order valence-corrected chi connectivity index (χ0v) is 22.3. The number of hydrogen-bond acceptors (Lipinski definition) is 5. The van der Waals surface area contributed by atoms with Crippen molar-refractivity contribution in [2.75, 3.05) is 19.7 Å². The predicted octanol–water partition coefficient (Wildman–Crippen LogP) is 5.19. The molecule has 0 saturated heterocycles. The lowest BCUT2D eigenvalue weighted by Gasteiger charge is -2.37. The van der Waals surface area contributed by atoms with Gasteiger partial charge in [0.15, 0.2) is 0 Å². The average molecular weight is 531 g/mol. The molecule has 1 aliphatic rings. The van der Waals surface area contributed by atoms with Gasteiger partial charge in [0.25, 0.3) is 0 Å². The van der Waals surface area contributed by atoms with E-state index in [1.165, 1.54) is 21.3 Å². The van der Waals surface area contributed by atoms with Gasteiger partial charge < -0.3 is 9.64 Å². The van der Waals surface area contributed by atoms with Crippen LogP contribution in [-0.2, 0) is 21.2 Å². The Labute approximate surface area is 216 Å². The van der Waals surface area contributed by atoms with Gasteiger partial charge in [0.1, 0.15) is 18.2 Å². The molecule has 192 valence electrons. The number of benzene rings is 2. The Morgan fingerprint density at radius 2 is 1.86 bits per heavy atom. The van der Waals surface area contributed by atoms with Gasteiger partial charge in [-0.05, 0) is 80.1 Å². The van der Waals surface area contributed by atoms with Crippen molar-refractivity contribution in [2.45, 2.75) is 50.6 Å². The minimum atomic E-state index is -3.87. The molecule has 1 aromatic heterocycles. The highest BCUT2D eigenvalue weighted by molar-refractivity contribution is 7.89. The molecule has 36 heavy (non-hydrogen) atoms. The molecule has 1 amide bonds. The first-order valence-electron chi connectivity index (χ1n) is 12.0. The molecule has 0 N–H and O–H groups in total. The Morgan fingerprint density at radius 1 is 1.17 bits per heavy atom. The van der Waals surface area contributed by atoms with Crippen molar-refractivity contribution in [1.29, 1.82) is 0 Å². The van der Waals surface area contributed by atoms with E-state index in [0.717, 1.165) is 11.1 Å². The van der Waals surface area contributed by atoms with Crippen LogP contribution >= 0.6 is 11.3 Å². The predicted molar refractivity (Wildman–Crippen MR) is 139 cm³/mol. The van der Waals surface area contributed by atoms with E-state index in [1.54, 1.807) is 52.6 Å². The summed E-state index contributed by atoms with van der Waals surface area (Å²) in [6.07, 6.45) is 1.28. The first-order chi connectivity index (χ1) is 17.2. The topological polar surface area (TPSA) is 66.9 Å². The SMILES string of the molecule is CCC(C)N(CC(=O)N1CCc2sccc2C1COc1ccc(F)cc1)S(=O)(=O)c1ccc(C)cc1. The third-order valence-corrected chi connectivity index (χ3v) is 9.61. The van der Waals surface area contributed by atoms with Gasteiger partial charge in [0.05, 0.1) is 17.5 Å². The number of carbonyl (C=O) groups is 1. The van der Waals surface area contributed by atoms with Crippen LogP contribution in [0.5, 0.6) is 5.75 Å². The third kappa shape index (κ3) is 5.63. The Morgan fingerprint density at radius 3 is 2.53 bits per heavy atom. The van der Waals surface area contributed by atoms with Crippen LogP contribution in [0.15, 0.2) is 64.9 Å². The molecule has 0 fully saturated rings. The van der Waals surface area contributed by atoms with Crippen LogP contribution in [0.4, 0.5) is 4.39 Å². The Hall–Kier alpha value is -2.75. The molecule has 2 aromatic carbocycles. The summed E-state index contributed by atoms with van der Waals surface area (Å²) in [6.45, 7) is 6.04. The second kappa shape index (κ2) is 11.1. The molecule has 3 aromatic rings. The molecule has 2 atom stereocenters. The van der Waals surface area contributed by atoms with E-state index < -0.39 is 10.0 Å². The van der Waals surface area contributed by atoms with E-state index in [9.17, 15) is 17.6 Å². The number of amides is 1. The third-order valence-electron chi connectivity index (χ3n) is 6.64. The van der Waals surface area contributed by atoms with Gasteiger partial charge in [-0.15, -0.1) is 11.3 Å². The number of aryl methyl sites for hydroxylation is 1. The zero-order chi connectivity index (χ0) is 25.9. The largest absolute Gasteiger partial charge is 0.491 e. The van der Waals surface area contributed by atoms with E-state index in [2.05, 4.69) is 0 Å². The van der Waals surface area contributed by atoms with Crippen LogP contribution in [0.2, 0.25) is 0 Å². The number of carbonyl (C=O) groups excluding carboxylic acids is 1. The Bertz CT molecular complexity index is 1290. The normalized spacial score (nSPS) is 16.6. The highest BCUT2D eigenvalue weighted by Crippen LogP contribution is 2.34.